The first-order valence-corrected chi connectivity index (χ1v) is 9.37. The number of nitrogens with zero attached hydrogens (tertiary/aromatic N) is 2. The smallest absolute Gasteiger partial charge is 0.315 e. The molecule has 3 N–H and O–H groups in total. The molecule has 0 saturated heterocycles. The molecule has 26 heavy (non-hydrogen) atoms. The Morgan fingerprint density at radius 3 is 2.81 bits per heavy atom. The summed E-state index contributed by atoms with van der Waals surface area (Å²) in [7, 11) is 0. The van der Waals surface area contributed by atoms with Crippen LogP contribution in [0.3, 0.4) is 0 Å². The molecule has 7 heteroatoms. The summed E-state index contributed by atoms with van der Waals surface area (Å²) in [5.74, 6) is 0. The summed E-state index contributed by atoms with van der Waals surface area (Å²) in [6, 6.07) is 11.4. The van der Waals surface area contributed by atoms with Gasteiger partial charge in [0.25, 0.3) is 0 Å². The fourth-order valence-electron chi connectivity index (χ4n) is 2.56. The highest BCUT2D eigenvalue weighted by atomic mass is 32.1. The first kappa shape index (κ1) is 18.2. The molecule has 0 aliphatic carbocycles. The van der Waals surface area contributed by atoms with Crippen molar-refractivity contribution >= 4 is 17.4 Å². The number of carbonyl (C=O) groups is 1. The van der Waals surface area contributed by atoms with Crippen LogP contribution < -0.4 is 10.6 Å². The number of rotatable bonds is 7. The van der Waals surface area contributed by atoms with Crippen LogP contribution in [0.25, 0.3) is 0 Å². The van der Waals surface area contributed by atoms with Crippen molar-refractivity contribution in [1.82, 2.24) is 20.4 Å². The molecule has 2 amide bonds. The van der Waals surface area contributed by atoms with E-state index in [1.807, 2.05) is 52.8 Å². The van der Waals surface area contributed by atoms with E-state index in [2.05, 4.69) is 27.9 Å². The van der Waals surface area contributed by atoms with Crippen LogP contribution in [0, 0.1) is 0 Å². The Hall–Kier alpha value is -2.64. The number of urea groups is 1. The Morgan fingerprint density at radius 2 is 2.08 bits per heavy atom. The zero-order valence-corrected chi connectivity index (χ0v) is 15.3. The first-order valence-electron chi connectivity index (χ1n) is 8.42. The van der Waals surface area contributed by atoms with Gasteiger partial charge in [0, 0.05) is 18.3 Å². The fraction of sp³-hybridized carbons (Fsp3) is 0.263. The van der Waals surface area contributed by atoms with Crippen molar-refractivity contribution in [2.45, 2.75) is 25.6 Å². The lowest BCUT2D eigenvalue weighted by atomic mass is 10.2. The topological polar surface area (TPSA) is 79.2 Å². The van der Waals surface area contributed by atoms with Gasteiger partial charge < -0.3 is 15.7 Å². The predicted molar refractivity (Wildman–Crippen MR) is 102 cm³/mol. The van der Waals surface area contributed by atoms with Crippen molar-refractivity contribution in [2.24, 2.45) is 0 Å². The zero-order valence-electron chi connectivity index (χ0n) is 14.5. The molecule has 0 saturated carbocycles. The van der Waals surface area contributed by atoms with Crippen LogP contribution in [0.5, 0.6) is 0 Å². The van der Waals surface area contributed by atoms with Gasteiger partial charge in [0.05, 0.1) is 24.9 Å². The van der Waals surface area contributed by atoms with E-state index in [0.717, 1.165) is 11.1 Å². The van der Waals surface area contributed by atoms with Crippen LogP contribution >= 0.6 is 11.3 Å². The third-order valence-corrected chi connectivity index (χ3v) is 4.77. The van der Waals surface area contributed by atoms with E-state index in [4.69, 9.17) is 0 Å². The summed E-state index contributed by atoms with van der Waals surface area (Å²) in [6.45, 7) is 2.76. The number of benzene rings is 1. The van der Waals surface area contributed by atoms with Crippen LogP contribution in [0.2, 0.25) is 0 Å². The van der Waals surface area contributed by atoms with Gasteiger partial charge in [0.15, 0.2) is 0 Å². The summed E-state index contributed by atoms with van der Waals surface area (Å²) in [5, 5.41) is 23.7. The van der Waals surface area contributed by atoms with Crippen LogP contribution in [-0.4, -0.2) is 27.5 Å². The minimum atomic E-state index is -0.698. The number of hydrogen-bond donors (Lipinski definition) is 3. The molecule has 136 valence electrons. The van der Waals surface area contributed by atoms with E-state index in [9.17, 15) is 9.90 Å². The lowest BCUT2D eigenvalue weighted by Gasteiger charge is -2.15. The fourth-order valence-corrected chi connectivity index (χ4v) is 3.27. The molecule has 0 spiro atoms. The maximum atomic E-state index is 12.0. The lowest BCUT2D eigenvalue weighted by molar-refractivity contribution is 0.173. The molecule has 6 nitrogen and oxygen atoms in total. The highest BCUT2D eigenvalue weighted by molar-refractivity contribution is 7.07. The summed E-state index contributed by atoms with van der Waals surface area (Å²) in [5.41, 5.74) is 2.91. The van der Waals surface area contributed by atoms with Gasteiger partial charge in [-0.1, -0.05) is 30.3 Å². The molecule has 0 bridgehead atoms. The van der Waals surface area contributed by atoms with Crippen LogP contribution in [0.4, 0.5) is 4.79 Å². The number of amides is 2. The standard InChI is InChI=1S/C19H22N4O2S/c1-14(22-19(25)20-10-18(24)16-7-8-26-13-16)17-9-21-23(12-17)11-15-5-3-2-4-6-15/h2-9,12-14,18,24H,10-11H2,1H3,(H2,20,22,25)/t14-,18-/m1/s1. The number of hydrogen-bond acceptors (Lipinski definition) is 4. The molecule has 1 aromatic carbocycles. The van der Waals surface area contributed by atoms with Crippen LogP contribution in [0.15, 0.2) is 59.6 Å². The molecule has 3 aromatic rings. The molecule has 0 aliphatic rings. The van der Waals surface area contributed by atoms with Crippen LogP contribution in [0.1, 0.15) is 35.8 Å². The highest BCUT2D eigenvalue weighted by Gasteiger charge is 2.14. The van der Waals surface area contributed by atoms with Gasteiger partial charge in [0.1, 0.15) is 0 Å². The van der Waals surface area contributed by atoms with Crippen molar-refractivity contribution in [3.63, 3.8) is 0 Å². The van der Waals surface area contributed by atoms with E-state index in [1.54, 1.807) is 6.20 Å². The third-order valence-electron chi connectivity index (χ3n) is 4.07. The van der Waals surface area contributed by atoms with Crippen molar-refractivity contribution in [3.05, 3.63) is 76.2 Å². The maximum absolute atomic E-state index is 12.0. The van der Waals surface area contributed by atoms with Gasteiger partial charge >= 0.3 is 6.03 Å². The number of aromatic nitrogens is 2. The van der Waals surface area contributed by atoms with E-state index < -0.39 is 6.10 Å². The van der Waals surface area contributed by atoms with Gasteiger partial charge in [-0.25, -0.2) is 4.79 Å². The molecule has 0 aliphatic heterocycles. The predicted octanol–water partition coefficient (Wildman–Crippen LogP) is 3.09. The molecule has 3 rings (SSSR count). The second-order valence-corrected chi connectivity index (χ2v) is 6.89. The maximum Gasteiger partial charge on any atom is 0.315 e. The lowest BCUT2D eigenvalue weighted by Crippen LogP contribution is -2.38. The van der Waals surface area contributed by atoms with E-state index in [1.165, 1.54) is 16.9 Å². The first-order chi connectivity index (χ1) is 12.6. The van der Waals surface area contributed by atoms with Gasteiger partial charge in [-0.05, 0) is 34.9 Å². The summed E-state index contributed by atoms with van der Waals surface area (Å²) < 4.78 is 1.85. The molecule has 0 radical (unpaired) electrons. The minimum absolute atomic E-state index is 0.169. The van der Waals surface area contributed by atoms with Crippen molar-refractivity contribution in [1.29, 1.82) is 0 Å². The SMILES string of the molecule is C[C@@H](NC(=O)NC[C@@H](O)c1ccsc1)c1cnn(Cc2ccccc2)c1. The number of aliphatic hydroxyl groups excluding tert-OH is 1. The highest BCUT2D eigenvalue weighted by Crippen LogP contribution is 2.15. The molecular weight excluding hydrogens is 348 g/mol. The Bertz CT molecular complexity index is 817. The summed E-state index contributed by atoms with van der Waals surface area (Å²) in [4.78, 5) is 12.0. The molecule has 0 unspecified atom stereocenters. The Morgan fingerprint density at radius 1 is 1.27 bits per heavy atom. The summed E-state index contributed by atoms with van der Waals surface area (Å²) in [6.07, 6.45) is 2.99. The average molecular weight is 370 g/mol. The van der Waals surface area contributed by atoms with E-state index >= 15 is 0 Å². The normalized spacial score (nSPS) is 13.2. The van der Waals surface area contributed by atoms with Gasteiger partial charge in [-0.3, -0.25) is 4.68 Å². The van der Waals surface area contributed by atoms with Crippen molar-refractivity contribution in [3.8, 4) is 0 Å². The number of nitrogens with one attached hydrogen (secondary N) is 2. The number of carbonyl (C=O) groups excluding carboxylic acids is 1. The molecule has 2 aromatic heterocycles. The van der Waals surface area contributed by atoms with Crippen LogP contribution in [-0.2, 0) is 6.54 Å². The number of thiophene rings is 1. The summed E-state index contributed by atoms with van der Waals surface area (Å²) >= 11 is 1.52. The zero-order chi connectivity index (χ0) is 18.4. The Labute approximate surface area is 156 Å². The Kier molecular flexibility index (Phi) is 6.04. The molecule has 2 heterocycles. The molecule has 0 fully saturated rings. The second-order valence-electron chi connectivity index (χ2n) is 6.11. The van der Waals surface area contributed by atoms with Gasteiger partial charge in [0.2, 0.25) is 0 Å². The largest absolute Gasteiger partial charge is 0.387 e. The third kappa shape index (κ3) is 4.93. The Balaban J connectivity index is 1.48. The van der Waals surface area contributed by atoms with E-state index in [0.29, 0.717) is 6.54 Å². The van der Waals surface area contributed by atoms with Crippen molar-refractivity contribution in [2.75, 3.05) is 6.54 Å². The van der Waals surface area contributed by atoms with Crippen molar-refractivity contribution < 1.29 is 9.90 Å². The second kappa shape index (κ2) is 8.64. The molecule has 2 atom stereocenters. The van der Waals surface area contributed by atoms with Gasteiger partial charge in [-0.15, -0.1) is 0 Å². The van der Waals surface area contributed by atoms with E-state index in [-0.39, 0.29) is 18.6 Å². The average Bonchev–Trinajstić information content (AvgIpc) is 3.32. The monoisotopic (exact) mass is 370 g/mol. The van der Waals surface area contributed by atoms with Gasteiger partial charge in [-0.2, -0.15) is 16.4 Å². The minimum Gasteiger partial charge on any atom is -0.387 e. The molecular formula is C19H22N4O2S. The number of aliphatic hydroxyl groups is 1. The quantitative estimate of drug-likeness (QED) is 0.598.